The molecule has 0 fully saturated rings. The second kappa shape index (κ2) is 10.9. The normalized spacial score (nSPS) is 9.73. The highest BCUT2D eigenvalue weighted by molar-refractivity contribution is 7.97. The van der Waals surface area contributed by atoms with Gasteiger partial charge in [0.2, 0.25) is 0 Å². The van der Waals surface area contributed by atoms with Crippen LogP contribution in [0.2, 0.25) is 0 Å². The molecule has 0 aliphatic rings. The lowest BCUT2D eigenvalue weighted by molar-refractivity contribution is 0.387. The van der Waals surface area contributed by atoms with Gasteiger partial charge in [-0.1, -0.05) is 13.3 Å². The molecule has 22 heavy (non-hydrogen) atoms. The van der Waals surface area contributed by atoms with Gasteiger partial charge in [-0.05, 0) is 36.6 Å². The van der Waals surface area contributed by atoms with Crippen molar-refractivity contribution >= 4 is 46.7 Å². The van der Waals surface area contributed by atoms with Crippen molar-refractivity contribution in [3.63, 3.8) is 0 Å². The van der Waals surface area contributed by atoms with E-state index in [0.29, 0.717) is 11.4 Å². The fraction of sp³-hybridized carbons (Fsp3) is 0.438. The number of pyridine rings is 1. The van der Waals surface area contributed by atoms with E-state index in [-0.39, 0.29) is 18.2 Å². The second-order valence-corrected chi connectivity index (χ2v) is 5.65. The van der Waals surface area contributed by atoms with Gasteiger partial charge in [0.25, 0.3) is 0 Å². The summed E-state index contributed by atoms with van der Waals surface area (Å²) in [5.74, 6) is 0.254. The van der Waals surface area contributed by atoms with E-state index in [1.54, 1.807) is 17.8 Å². The first-order chi connectivity index (χ1) is 10.1. The van der Waals surface area contributed by atoms with Crippen molar-refractivity contribution < 1.29 is 9.13 Å². The Morgan fingerprint density at radius 2 is 1.91 bits per heavy atom. The summed E-state index contributed by atoms with van der Waals surface area (Å²) in [6, 6.07) is 5.02. The van der Waals surface area contributed by atoms with Gasteiger partial charge < -0.3 is 4.74 Å². The quantitative estimate of drug-likeness (QED) is 0.670. The summed E-state index contributed by atoms with van der Waals surface area (Å²) in [6.07, 6.45) is 5.92. The lowest BCUT2D eigenvalue weighted by Gasteiger charge is -2.09. The molecule has 6 heteroatoms. The zero-order valence-electron chi connectivity index (χ0n) is 13.3. The number of halogens is 3. The topological polar surface area (TPSA) is 22.1 Å². The summed E-state index contributed by atoms with van der Waals surface area (Å²) >= 11 is 7.68. The number of methoxy groups -OCH3 is 1. The van der Waals surface area contributed by atoms with Gasteiger partial charge in [-0.2, -0.15) is 11.8 Å². The molecule has 0 saturated carbocycles. The monoisotopic (exact) mass is 365 g/mol. The standard InChI is InChI=1S/C14H15ClFNO.C2H6S.ClH/c1-3-4-12-10(8-15)5-9-6-14(18-2)11(16)7-13(9)17-12;1-3-2;/h5-7H,3-4,8H2,1-2H3;1-2H3;1H. The van der Waals surface area contributed by atoms with E-state index in [1.807, 2.05) is 18.6 Å². The van der Waals surface area contributed by atoms with Crippen LogP contribution in [-0.2, 0) is 12.3 Å². The van der Waals surface area contributed by atoms with Crippen LogP contribution in [0.4, 0.5) is 4.39 Å². The van der Waals surface area contributed by atoms with E-state index in [1.165, 1.54) is 13.2 Å². The molecule has 0 bridgehead atoms. The molecule has 1 aromatic carbocycles. The van der Waals surface area contributed by atoms with E-state index >= 15 is 0 Å². The van der Waals surface area contributed by atoms with Crippen molar-refractivity contribution in [2.45, 2.75) is 25.6 Å². The lowest BCUT2D eigenvalue weighted by atomic mass is 10.1. The predicted octanol–water partition coefficient (Wildman–Crippen LogP) is 5.47. The fourth-order valence-corrected chi connectivity index (χ4v) is 2.22. The molecule has 0 aliphatic carbocycles. The van der Waals surface area contributed by atoms with E-state index < -0.39 is 5.82 Å². The number of aromatic nitrogens is 1. The molecule has 0 spiro atoms. The molecule has 0 amide bonds. The maximum atomic E-state index is 13.6. The summed E-state index contributed by atoms with van der Waals surface area (Å²) in [4.78, 5) is 4.49. The van der Waals surface area contributed by atoms with Crippen LogP contribution in [0, 0.1) is 5.82 Å². The predicted molar refractivity (Wildman–Crippen MR) is 98.5 cm³/mol. The Hall–Kier alpha value is -0.710. The van der Waals surface area contributed by atoms with Crippen molar-refractivity contribution in [3.05, 3.63) is 35.3 Å². The highest BCUT2D eigenvalue weighted by Gasteiger charge is 2.10. The molecular formula is C16H22Cl2FNOS. The molecule has 0 radical (unpaired) electrons. The minimum Gasteiger partial charge on any atom is -0.494 e. The first-order valence-electron chi connectivity index (χ1n) is 6.73. The molecule has 0 unspecified atom stereocenters. The molecule has 0 saturated heterocycles. The summed E-state index contributed by atoms with van der Waals surface area (Å²) < 4.78 is 18.6. The molecule has 1 heterocycles. The Balaban J connectivity index is 0.00000102. The third-order valence-electron chi connectivity index (χ3n) is 2.89. The number of fused-ring (bicyclic) bond motifs is 1. The maximum Gasteiger partial charge on any atom is 0.167 e. The van der Waals surface area contributed by atoms with Gasteiger partial charge in [0, 0.05) is 23.0 Å². The van der Waals surface area contributed by atoms with Crippen molar-refractivity contribution in [2.75, 3.05) is 19.6 Å². The van der Waals surface area contributed by atoms with Gasteiger partial charge in [-0.3, -0.25) is 4.98 Å². The van der Waals surface area contributed by atoms with Crippen LogP contribution < -0.4 is 4.74 Å². The smallest absolute Gasteiger partial charge is 0.167 e. The van der Waals surface area contributed by atoms with Crippen molar-refractivity contribution in [2.24, 2.45) is 0 Å². The molecule has 0 atom stereocenters. The number of nitrogens with zero attached hydrogens (tertiary/aromatic N) is 1. The number of aryl methyl sites for hydroxylation is 1. The van der Waals surface area contributed by atoms with Gasteiger partial charge in [0.1, 0.15) is 0 Å². The third kappa shape index (κ3) is 5.49. The lowest BCUT2D eigenvalue weighted by Crippen LogP contribution is -1.98. The van der Waals surface area contributed by atoms with Crippen molar-refractivity contribution in [3.8, 4) is 5.75 Å². The minimum atomic E-state index is -0.390. The van der Waals surface area contributed by atoms with E-state index in [4.69, 9.17) is 16.3 Å². The summed E-state index contributed by atoms with van der Waals surface area (Å²) in [6.45, 7) is 2.08. The first-order valence-corrected chi connectivity index (χ1v) is 8.90. The molecule has 0 aliphatic heterocycles. The third-order valence-corrected chi connectivity index (χ3v) is 3.18. The van der Waals surface area contributed by atoms with Crippen molar-refractivity contribution in [1.29, 1.82) is 0 Å². The Morgan fingerprint density at radius 1 is 1.27 bits per heavy atom. The average Bonchev–Trinajstić information content (AvgIpc) is 2.47. The second-order valence-electron chi connectivity index (χ2n) is 4.57. The molecule has 0 N–H and O–H groups in total. The number of hydrogen-bond donors (Lipinski definition) is 0. The fourth-order valence-electron chi connectivity index (χ4n) is 1.98. The van der Waals surface area contributed by atoms with E-state index in [2.05, 4.69) is 11.9 Å². The molecule has 1 aromatic heterocycles. The van der Waals surface area contributed by atoms with Gasteiger partial charge in [-0.15, -0.1) is 24.0 Å². The highest BCUT2D eigenvalue weighted by Crippen LogP contribution is 2.26. The molecule has 124 valence electrons. The SMILES string of the molecule is CCCc1nc2cc(F)c(OC)cc2cc1CCl.CSC.Cl. The molecule has 2 aromatic rings. The number of alkyl halides is 1. The highest BCUT2D eigenvalue weighted by atomic mass is 35.5. The molecule has 2 rings (SSSR count). The van der Waals surface area contributed by atoms with Crippen LogP contribution in [0.15, 0.2) is 18.2 Å². The number of hydrogen-bond acceptors (Lipinski definition) is 3. The molecular weight excluding hydrogens is 344 g/mol. The Kier molecular flexibility index (Phi) is 10.6. The Bertz CT molecular complexity index is 596. The van der Waals surface area contributed by atoms with Crippen LogP contribution in [0.1, 0.15) is 24.6 Å². The number of thioether (sulfide) groups is 1. The van der Waals surface area contributed by atoms with Crippen molar-refractivity contribution in [1.82, 2.24) is 4.98 Å². The Labute approximate surface area is 147 Å². The maximum absolute atomic E-state index is 13.6. The number of rotatable bonds is 4. The number of ether oxygens (including phenoxy) is 1. The molecule has 2 nitrogen and oxygen atoms in total. The summed E-state index contributed by atoms with van der Waals surface area (Å²) in [7, 11) is 1.45. The Morgan fingerprint density at radius 3 is 2.41 bits per heavy atom. The van der Waals surface area contributed by atoms with Crippen LogP contribution in [0.25, 0.3) is 10.9 Å². The first kappa shape index (κ1) is 21.3. The summed E-state index contributed by atoms with van der Waals surface area (Å²) in [5.41, 5.74) is 2.59. The van der Waals surface area contributed by atoms with E-state index in [9.17, 15) is 4.39 Å². The van der Waals surface area contributed by atoms with Crippen LogP contribution in [0.5, 0.6) is 5.75 Å². The van der Waals surface area contributed by atoms with Gasteiger partial charge in [-0.25, -0.2) is 4.39 Å². The van der Waals surface area contributed by atoms with E-state index in [0.717, 1.165) is 29.5 Å². The largest absolute Gasteiger partial charge is 0.494 e. The van der Waals surface area contributed by atoms with Gasteiger partial charge in [0.05, 0.1) is 12.6 Å². The van der Waals surface area contributed by atoms with Crippen LogP contribution >= 0.6 is 35.8 Å². The average molecular weight is 366 g/mol. The van der Waals surface area contributed by atoms with Crippen LogP contribution in [0.3, 0.4) is 0 Å². The van der Waals surface area contributed by atoms with Gasteiger partial charge >= 0.3 is 0 Å². The van der Waals surface area contributed by atoms with Gasteiger partial charge in [0.15, 0.2) is 11.6 Å². The number of benzene rings is 1. The van der Waals surface area contributed by atoms with Crippen LogP contribution in [-0.4, -0.2) is 24.6 Å². The zero-order valence-corrected chi connectivity index (χ0v) is 15.7. The minimum absolute atomic E-state index is 0. The zero-order chi connectivity index (χ0) is 15.8. The summed E-state index contributed by atoms with van der Waals surface area (Å²) in [5, 5.41) is 0.851.